The first kappa shape index (κ1) is 15.9. The standard InChI is InChI=1S/C16H22ClN3O/c1-12(2)19-11-14-5-4-6-15(17)16(14)21-10-9-20-8-7-18-13(20)3/h4-8,12,19H,9-11H2,1-3H3. The third-order valence-corrected chi connectivity index (χ3v) is 3.55. The van der Waals surface area contributed by atoms with Crippen LogP contribution in [0, 0.1) is 6.92 Å². The van der Waals surface area contributed by atoms with Gasteiger partial charge in [0.05, 0.1) is 11.6 Å². The van der Waals surface area contributed by atoms with Crippen molar-refractivity contribution in [1.29, 1.82) is 0 Å². The molecule has 0 saturated carbocycles. The Morgan fingerprint density at radius 3 is 2.86 bits per heavy atom. The van der Waals surface area contributed by atoms with Crippen LogP contribution in [0.4, 0.5) is 0 Å². The van der Waals surface area contributed by atoms with Gasteiger partial charge < -0.3 is 14.6 Å². The molecule has 0 bridgehead atoms. The first-order valence-corrected chi connectivity index (χ1v) is 7.57. The molecule has 114 valence electrons. The number of benzene rings is 1. The number of halogens is 1. The van der Waals surface area contributed by atoms with Gasteiger partial charge >= 0.3 is 0 Å². The molecule has 0 atom stereocenters. The quantitative estimate of drug-likeness (QED) is 0.852. The van der Waals surface area contributed by atoms with Crippen molar-refractivity contribution in [2.75, 3.05) is 6.61 Å². The van der Waals surface area contributed by atoms with E-state index < -0.39 is 0 Å². The van der Waals surface area contributed by atoms with Crippen LogP contribution < -0.4 is 10.1 Å². The maximum absolute atomic E-state index is 6.26. The number of aryl methyl sites for hydroxylation is 1. The third-order valence-electron chi connectivity index (χ3n) is 3.25. The number of para-hydroxylation sites is 1. The Kier molecular flexibility index (Phi) is 5.65. The second-order valence-electron chi connectivity index (χ2n) is 5.28. The molecule has 2 rings (SSSR count). The molecule has 0 aliphatic heterocycles. The molecule has 0 aliphatic carbocycles. The van der Waals surface area contributed by atoms with Crippen molar-refractivity contribution < 1.29 is 4.74 Å². The van der Waals surface area contributed by atoms with E-state index in [1.807, 2.05) is 31.3 Å². The summed E-state index contributed by atoms with van der Waals surface area (Å²) in [6, 6.07) is 6.27. The lowest BCUT2D eigenvalue weighted by Gasteiger charge is -2.15. The lowest BCUT2D eigenvalue weighted by atomic mass is 10.2. The van der Waals surface area contributed by atoms with E-state index in [1.165, 1.54) is 0 Å². The molecule has 0 spiro atoms. The largest absolute Gasteiger partial charge is 0.490 e. The van der Waals surface area contributed by atoms with Gasteiger partial charge in [-0.25, -0.2) is 4.98 Å². The topological polar surface area (TPSA) is 39.1 Å². The van der Waals surface area contributed by atoms with Crippen molar-refractivity contribution >= 4 is 11.6 Å². The molecule has 1 heterocycles. The summed E-state index contributed by atoms with van der Waals surface area (Å²) >= 11 is 6.26. The van der Waals surface area contributed by atoms with Gasteiger partial charge in [0.15, 0.2) is 0 Å². The number of aromatic nitrogens is 2. The van der Waals surface area contributed by atoms with E-state index in [9.17, 15) is 0 Å². The number of nitrogens with one attached hydrogen (secondary N) is 1. The van der Waals surface area contributed by atoms with Gasteiger partial charge in [-0.15, -0.1) is 0 Å². The zero-order chi connectivity index (χ0) is 15.2. The Morgan fingerprint density at radius 1 is 1.38 bits per heavy atom. The van der Waals surface area contributed by atoms with Gasteiger partial charge in [0.1, 0.15) is 18.2 Å². The fourth-order valence-corrected chi connectivity index (χ4v) is 2.30. The molecule has 0 amide bonds. The fraction of sp³-hybridized carbons (Fsp3) is 0.438. The lowest BCUT2D eigenvalue weighted by Crippen LogP contribution is -2.22. The molecule has 21 heavy (non-hydrogen) atoms. The van der Waals surface area contributed by atoms with Crippen LogP contribution in [0.2, 0.25) is 5.02 Å². The SMILES string of the molecule is Cc1nccn1CCOc1c(Cl)cccc1CNC(C)C. The van der Waals surface area contributed by atoms with Crippen molar-refractivity contribution in [2.45, 2.75) is 39.9 Å². The fourth-order valence-electron chi connectivity index (χ4n) is 2.05. The Labute approximate surface area is 131 Å². The predicted molar refractivity (Wildman–Crippen MR) is 85.9 cm³/mol. The molecule has 1 N–H and O–H groups in total. The van der Waals surface area contributed by atoms with Crippen LogP contribution in [-0.2, 0) is 13.1 Å². The highest BCUT2D eigenvalue weighted by molar-refractivity contribution is 6.32. The van der Waals surface area contributed by atoms with Crippen molar-refractivity contribution in [1.82, 2.24) is 14.9 Å². The van der Waals surface area contributed by atoms with Crippen LogP contribution in [0.15, 0.2) is 30.6 Å². The predicted octanol–water partition coefficient (Wildman–Crippen LogP) is 3.42. The third kappa shape index (κ3) is 4.48. The minimum atomic E-state index is 0.422. The molecule has 0 radical (unpaired) electrons. The van der Waals surface area contributed by atoms with Gasteiger partial charge in [0.25, 0.3) is 0 Å². The number of ether oxygens (including phenoxy) is 1. The van der Waals surface area contributed by atoms with Gasteiger partial charge in [-0.3, -0.25) is 0 Å². The summed E-state index contributed by atoms with van der Waals surface area (Å²) in [5, 5.41) is 4.04. The van der Waals surface area contributed by atoms with E-state index in [2.05, 4.69) is 28.7 Å². The molecule has 0 saturated heterocycles. The van der Waals surface area contributed by atoms with Crippen molar-refractivity contribution in [3.63, 3.8) is 0 Å². The second kappa shape index (κ2) is 7.48. The molecule has 0 fully saturated rings. The molecule has 1 aromatic carbocycles. The normalized spacial score (nSPS) is 11.1. The average Bonchev–Trinajstić information content (AvgIpc) is 2.84. The van der Waals surface area contributed by atoms with E-state index in [-0.39, 0.29) is 0 Å². The van der Waals surface area contributed by atoms with Gasteiger partial charge in [-0.2, -0.15) is 0 Å². The Balaban J connectivity index is 1.99. The monoisotopic (exact) mass is 307 g/mol. The number of imidazole rings is 1. The van der Waals surface area contributed by atoms with Gasteiger partial charge in [0, 0.05) is 30.5 Å². The van der Waals surface area contributed by atoms with Crippen molar-refractivity contribution in [3.05, 3.63) is 47.0 Å². The van der Waals surface area contributed by atoms with Gasteiger partial charge in [0.2, 0.25) is 0 Å². The summed E-state index contributed by atoms with van der Waals surface area (Å²) in [6.45, 7) is 8.29. The van der Waals surface area contributed by atoms with Gasteiger partial charge in [-0.1, -0.05) is 37.6 Å². The molecule has 4 nitrogen and oxygen atoms in total. The highest BCUT2D eigenvalue weighted by atomic mass is 35.5. The maximum atomic E-state index is 6.26. The van der Waals surface area contributed by atoms with Crippen LogP contribution >= 0.6 is 11.6 Å². The summed E-state index contributed by atoms with van der Waals surface area (Å²) in [6.07, 6.45) is 3.75. The highest BCUT2D eigenvalue weighted by Crippen LogP contribution is 2.28. The van der Waals surface area contributed by atoms with Crippen LogP contribution in [0.25, 0.3) is 0 Å². The number of hydrogen-bond acceptors (Lipinski definition) is 3. The average molecular weight is 308 g/mol. The van der Waals surface area contributed by atoms with Gasteiger partial charge in [-0.05, 0) is 13.0 Å². The zero-order valence-electron chi connectivity index (χ0n) is 12.8. The Bertz CT molecular complexity index is 581. The Morgan fingerprint density at radius 2 is 2.19 bits per heavy atom. The summed E-state index contributed by atoms with van der Waals surface area (Å²) < 4.78 is 7.97. The molecule has 0 aliphatic rings. The second-order valence-corrected chi connectivity index (χ2v) is 5.69. The van der Waals surface area contributed by atoms with E-state index in [0.29, 0.717) is 17.7 Å². The van der Waals surface area contributed by atoms with E-state index in [1.54, 1.807) is 6.20 Å². The van der Waals surface area contributed by atoms with E-state index >= 15 is 0 Å². The van der Waals surface area contributed by atoms with E-state index in [4.69, 9.17) is 16.3 Å². The van der Waals surface area contributed by atoms with Crippen LogP contribution in [-0.4, -0.2) is 22.2 Å². The molecule has 1 aromatic heterocycles. The Hall–Kier alpha value is -1.52. The molecular weight excluding hydrogens is 286 g/mol. The minimum absolute atomic E-state index is 0.422. The number of hydrogen-bond donors (Lipinski definition) is 1. The molecular formula is C16H22ClN3O. The van der Waals surface area contributed by atoms with Crippen molar-refractivity contribution in [2.24, 2.45) is 0 Å². The highest BCUT2D eigenvalue weighted by Gasteiger charge is 2.09. The zero-order valence-corrected chi connectivity index (χ0v) is 13.5. The van der Waals surface area contributed by atoms with E-state index in [0.717, 1.165) is 30.2 Å². The molecule has 5 heteroatoms. The van der Waals surface area contributed by atoms with Crippen LogP contribution in [0.1, 0.15) is 25.2 Å². The lowest BCUT2D eigenvalue weighted by molar-refractivity contribution is 0.293. The minimum Gasteiger partial charge on any atom is -0.490 e. The summed E-state index contributed by atoms with van der Waals surface area (Å²) in [5.41, 5.74) is 1.08. The first-order valence-electron chi connectivity index (χ1n) is 7.19. The molecule has 2 aromatic rings. The smallest absolute Gasteiger partial charge is 0.142 e. The summed E-state index contributed by atoms with van der Waals surface area (Å²) in [5.74, 6) is 1.75. The molecule has 0 unspecified atom stereocenters. The summed E-state index contributed by atoms with van der Waals surface area (Å²) in [7, 11) is 0. The number of nitrogens with zero attached hydrogens (tertiary/aromatic N) is 2. The summed E-state index contributed by atoms with van der Waals surface area (Å²) in [4.78, 5) is 4.20. The van der Waals surface area contributed by atoms with Crippen molar-refractivity contribution in [3.8, 4) is 5.75 Å². The van der Waals surface area contributed by atoms with Crippen LogP contribution in [0.5, 0.6) is 5.75 Å². The maximum Gasteiger partial charge on any atom is 0.142 e. The first-order chi connectivity index (χ1) is 10.1. The number of rotatable bonds is 7. The van der Waals surface area contributed by atoms with Crippen LogP contribution in [0.3, 0.4) is 0 Å².